The molecule has 0 bridgehead atoms. The number of carboxylic acid groups (broad SMARTS) is 1. The monoisotopic (exact) mass is 306 g/mol. The molecular formula is C14H14N2O4S. The third-order valence-electron chi connectivity index (χ3n) is 3.52. The first-order valence-corrected chi connectivity index (χ1v) is 7.95. The highest BCUT2D eigenvalue weighted by Gasteiger charge is 2.41. The fourth-order valence-electron chi connectivity index (χ4n) is 2.31. The summed E-state index contributed by atoms with van der Waals surface area (Å²) in [5.74, 6) is -1.01. The average molecular weight is 306 g/mol. The summed E-state index contributed by atoms with van der Waals surface area (Å²) in [6.45, 7) is 0. The lowest BCUT2D eigenvalue weighted by atomic mass is 10.1. The van der Waals surface area contributed by atoms with Crippen molar-refractivity contribution in [2.75, 3.05) is 0 Å². The first-order chi connectivity index (χ1) is 9.97. The number of nitrogens with one attached hydrogen (secondary N) is 2. The molecule has 3 rings (SSSR count). The van der Waals surface area contributed by atoms with Crippen LogP contribution >= 0.6 is 0 Å². The van der Waals surface area contributed by atoms with Crippen molar-refractivity contribution in [3.63, 3.8) is 0 Å². The van der Waals surface area contributed by atoms with E-state index < -0.39 is 16.0 Å². The molecular weight excluding hydrogens is 292 g/mol. The van der Waals surface area contributed by atoms with Gasteiger partial charge in [-0.15, -0.1) is 0 Å². The van der Waals surface area contributed by atoms with E-state index in [1.54, 1.807) is 0 Å². The molecule has 1 saturated carbocycles. The second-order valence-electron chi connectivity index (χ2n) is 5.03. The van der Waals surface area contributed by atoms with Crippen molar-refractivity contribution in [2.24, 2.45) is 0 Å². The Morgan fingerprint density at radius 2 is 2.00 bits per heavy atom. The normalized spacial score (nSPS) is 21.1. The minimum atomic E-state index is -3.70. The van der Waals surface area contributed by atoms with Crippen LogP contribution in [0.1, 0.15) is 28.4 Å². The van der Waals surface area contributed by atoms with E-state index in [0.717, 1.165) is 18.1 Å². The van der Waals surface area contributed by atoms with Gasteiger partial charge in [-0.25, -0.2) is 17.9 Å². The van der Waals surface area contributed by atoms with Gasteiger partial charge in [0, 0.05) is 18.2 Å². The van der Waals surface area contributed by atoms with Crippen molar-refractivity contribution >= 4 is 16.0 Å². The molecule has 0 spiro atoms. The Balaban J connectivity index is 1.71. The fourth-order valence-corrected chi connectivity index (χ4v) is 3.60. The first kappa shape index (κ1) is 13.8. The lowest BCUT2D eigenvalue weighted by Crippen LogP contribution is -2.26. The molecule has 1 heterocycles. The average Bonchev–Trinajstić information content (AvgIpc) is 3.01. The van der Waals surface area contributed by atoms with Gasteiger partial charge in [-0.05, 0) is 18.1 Å². The van der Waals surface area contributed by atoms with Crippen LogP contribution in [-0.2, 0) is 10.0 Å². The summed E-state index contributed by atoms with van der Waals surface area (Å²) in [4.78, 5) is 13.1. The largest absolute Gasteiger partial charge is 0.477 e. The summed E-state index contributed by atoms with van der Waals surface area (Å²) in [5, 5.41) is 8.80. The highest BCUT2D eigenvalue weighted by molar-refractivity contribution is 7.89. The van der Waals surface area contributed by atoms with Crippen LogP contribution in [0.5, 0.6) is 0 Å². The lowest BCUT2D eigenvalue weighted by Gasteiger charge is -2.04. The van der Waals surface area contributed by atoms with Crippen LogP contribution in [0.3, 0.4) is 0 Å². The Hall–Kier alpha value is -2.12. The number of carbonyl (C=O) groups is 1. The summed E-state index contributed by atoms with van der Waals surface area (Å²) in [6.07, 6.45) is 1.94. The van der Waals surface area contributed by atoms with E-state index >= 15 is 0 Å². The van der Waals surface area contributed by atoms with Crippen molar-refractivity contribution < 1.29 is 18.3 Å². The number of rotatable bonds is 5. The minimum Gasteiger partial charge on any atom is -0.477 e. The molecule has 7 heteroatoms. The Kier molecular flexibility index (Phi) is 3.30. The number of hydrogen-bond acceptors (Lipinski definition) is 3. The molecule has 1 aliphatic carbocycles. The Morgan fingerprint density at radius 3 is 2.62 bits per heavy atom. The maximum Gasteiger partial charge on any atom is 0.352 e. The fraction of sp³-hybridized carbons (Fsp3) is 0.214. The zero-order valence-corrected chi connectivity index (χ0v) is 11.8. The summed E-state index contributed by atoms with van der Waals surface area (Å²) < 4.78 is 26.9. The van der Waals surface area contributed by atoms with Gasteiger partial charge >= 0.3 is 5.97 Å². The predicted octanol–water partition coefficient (Wildman–Crippen LogP) is 1.55. The third-order valence-corrected chi connectivity index (χ3v) is 4.99. The number of aromatic carboxylic acids is 1. The van der Waals surface area contributed by atoms with Crippen LogP contribution < -0.4 is 4.72 Å². The van der Waals surface area contributed by atoms with E-state index in [-0.39, 0.29) is 22.5 Å². The molecule has 1 aliphatic rings. The number of sulfonamides is 1. The van der Waals surface area contributed by atoms with Crippen molar-refractivity contribution in [1.82, 2.24) is 9.71 Å². The van der Waals surface area contributed by atoms with Gasteiger partial charge in [-0.1, -0.05) is 30.3 Å². The van der Waals surface area contributed by atoms with Gasteiger partial charge in [0.15, 0.2) is 0 Å². The molecule has 2 unspecified atom stereocenters. The molecule has 1 aromatic carbocycles. The molecule has 0 radical (unpaired) electrons. The van der Waals surface area contributed by atoms with Gasteiger partial charge in [-0.2, -0.15) is 0 Å². The van der Waals surface area contributed by atoms with E-state index in [1.165, 1.54) is 6.20 Å². The predicted molar refractivity (Wildman–Crippen MR) is 75.7 cm³/mol. The maximum atomic E-state index is 12.2. The Bertz CT molecular complexity index is 767. The topological polar surface area (TPSA) is 99.3 Å². The van der Waals surface area contributed by atoms with E-state index in [9.17, 15) is 13.2 Å². The van der Waals surface area contributed by atoms with Crippen LogP contribution in [-0.4, -0.2) is 30.5 Å². The molecule has 0 aliphatic heterocycles. The van der Waals surface area contributed by atoms with Gasteiger partial charge in [0.25, 0.3) is 0 Å². The van der Waals surface area contributed by atoms with Crippen molar-refractivity contribution in [1.29, 1.82) is 0 Å². The molecule has 2 aromatic rings. The minimum absolute atomic E-state index is 0.0568. The Labute approximate surface area is 121 Å². The molecule has 21 heavy (non-hydrogen) atoms. The molecule has 1 fully saturated rings. The van der Waals surface area contributed by atoms with E-state index in [1.807, 2.05) is 30.3 Å². The van der Waals surface area contributed by atoms with Crippen molar-refractivity contribution in [2.45, 2.75) is 23.3 Å². The standard InChI is InChI=1S/C14H14N2O4S/c17-14(18)13-6-10(8-15-13)21(19,20)16-12-7-11(12)9-4-2-1-3-5-9/h1-6,8,11-12,15-16H,7H2,(H,17,18). The van der Waals surface area contributed by atoms with Crippen LogP contribution in [0.15, 0.2) is 47.5 Å². The lowest BCUT2D eigenvalue weighted by molar-refractivity contribution is 0.0691. The molecule has 3 N–H and O–H groups in total. The molecule has 6 nitrogen and oxygen atoms in total. The highest BCUT2D eigenvalue weighted by atomic mass is 32.2. The SMILES string of the molecule is O=C(O)c1cc(S(=O)(=O)NC2CC2c2ccccc2)c[nH]1. The molecule has 2 atom stereocenters. The highest BCUT2D eigenvalue weighted by Crippen LogP contribution is 2.41. The van der Waals surface area contributed by atoms with Crippen LogP contribution in [0, 0.1) is 0 Å². The molecule has 110 valence electrons. The summed E-state index contributed by atoms with van der Waals surface area (Å²) in [6, 6.07) is 10.7. The van der Waals surface area contributed by atoms with Gasteiger partial charge < -0.3 is 10.1 Å². The number of benzene rings is 1. The molecule has 0 saturated heterocycles. The zero-order valence-electron chi connectivity index (χ0n) is 11.0. The second-order valence-corrected chi connectivity index (χ2v) is 6.75. The van der Waals surface area contributed by atoms with Gasteiger partial charge in [0.05, 0.1) is 0 Å². The Morgan fingerprint density at radius 1 is 1.29 bits per heavy atom. The quantitative estimate of drug-likeness (QED) is 0.780. The van der Waals surface area contributed by atoms with E-state index in [2.05, 4.69) is 9.71 Å². The van der Waals surface area contributed by atoms with Crippen molar-refractivity contribution in [3.05, 3.63) is 53.9 Å². The van der Waals surface area contributed by atoms with Crippen molar-refractivity contribution in [3.8, 4) is 0 Å². The number of aromatic amines is 1. The smallest absolute Gasteiger partial charge is 0.352 e. The molecule has 0 amide bonds. The van der Waals surface area contributed by atoms with Gasteiger partial charge in [0.2, 0.25) is 10.0 Å². The van der Waals surface area contributed by atoms with Crippen LogP contribution in [0.25, 0.3) is 0 Å². The molecule has 1 aromatic heterocycles. The van der Waals surface area contributed by atoms with Crippen LogP contribution in [0.2, 0.25) is 0 Å². The van der Waals surface area contributed by atoms with Gasteiger partial charge in [0.1, 0.15) is 10.6 Å². The number of aromatic nitrogens is 1. The number of H-pyrrole nitrogens is 1. The van der Waals surface area contributed by atoms with Crippen LogP contribution in [0.4, 0.5) is 0 Å². The van der Waals surface area contributed by atoms with E-state index in [4.69, 9.17) is 5.11 Å². The number of carboxylic acids is 1. The number of hydrogen-bond donors (Lipinski definition) is 3. The second kappa shape index (κ2) is 5.01. The zero-order chi connectivity index (χ0) is 15.0. The van der Waals surface area contributed by atoms with Gasteiger partial charge in [-0.3, -0.25) is 0 Å². The first-order valence-electron chi connectivity index (χ1n) is 6.46. The third kappa shape index (κ3) is 2.84. The summed E-state index contributed by atoms with van der Waals surface area (Å²) in [7, 11) is -3.70. The maximum absolute atomic E-state index is 12.2. The summed E-state index contributed by atoms with van der Waals surface area (Å²) in [5.41, 5.74) is 0.955. The van der Waals surface area contributed by atoms with E-state index in [0.29, 0.717) is 0 Å². The summed E-state index contributed by atoms with van der Waals surface area (Å²) >= 11 is 0.